The van der Waals surface area contributed by atoms with Crippen molar-refractivity contribution in [3.63, 3.8) is 0 Å². The predicted octanol–water partition coefficient (Wildman–Crippen LogP) is 1.96. The third-order valence-corrected chi connectivity index (χ3v) is 2.97. The minimum absolute atomic E-state index is 0.504. The highest BCUT2D eigenvalue weighted by molar-refractivity contribution is 7.80. The van der Waals surface area contributed by atoms with Gasteiger partial charge in [0, 0.05) is 19.3 Å². The van der Waals surface area contributed by atoms with Crippen LogP contribution in [0.1, 0.15) is 38.4 Å². The van der Waals surface area contributed by atoms with Crippen LogP contribution in [-0.2, 0) is 6.54 Å². The van der Waals surface area contributed by atoms with Crippen LogP contribution in [0, 0.1) is 0 Å². The van der Waals surface area contributed by atoms with Crippen LogP contribution < -0.4 is 5.73 Å². The summed E-state index contributed by atoms with van der Waals surface area (Å²) in [6.45, 7) is 5.79. The van der Waals surface area contributed by atoms with Crippen LogP contribution in [0.3, 0.4) is 0 Å². The van der Waals surface area contributed by atoms with Gasteiger partial charge in [-0.2, -0.15) is 5.10 Å². The van der Waals surface area contributed by atoms with Crippen LogP contribution >= 0.6 is 12.2 Å². The minimum atomic E-state index is 0.504. The lowest BCUT2D eigenvalue weighted by atomic mass is 10.2. The molecule has 1 aromatic heterocycles. The number of likely N-dealkylation sites (N-methyl/N-ethyl adjacent to an activating group) is 1. The molecule has 2 N–H and O–H groups in total. The molecule has 5 heteroatoms. The van der Waals surface area contributed by atoms with Gasteiger partial charge in [-0.3, -0.25) is 9.58 Å². The molecule has 0 aromatic carbocycles. The van der Waals surface area contributed by atoms with Gasteiger partial charge < -0.3 is 5.73 Å². The van der Waals surface area contributed by atoms with Crippen molar-refractivity contribution < 1.29 is 0 Å². The van der Waals surface area contributed by atoms with Crippen molar-refractivity contribution >= 4 is 17.2 Å². The number of aromatic nitrogens is 2. The Kier molecular flexibility index (Phi) is 5.58. The first-order valence-corrected chi connectivity index (χ1v) is 6.48. The van der Waals surface area contributed by atoms with E-state index in [0.717, 1.165) is 25.1 Å². The largest absolute Gasteiger partial charge is 0.392 e. The zero-order valence-corrected chi connectivity index (χ0v) is 11.7. The summed E-state index contributed by atoms with van der Waals surface area (Å²) in [6.07, 6.45) is 4.28. The summed E-state index contributed by atoms with van der Waals surface area (Å²) < 4.78 is 2.06. The summed E-state index contributed by atoms with van der Waals surface area (Å²) in [4.78, 5) is 2.59. The molecule has 0 amide bonds. The van der Waals surface area contributed by atoms with Gasteiger partial charge in [0.05, 0.1) is 16.7 Å². The molecule has 96 valence electrons. The van der Waals surface area contributed by atoms with E-state index < -0.39 is 0 Å². The second-order valence-electron chi connectivity index (χ2n) is 4.40. The normalized spacial score (nSPS) is 11.4. The van der Waals surface area contributed by atoms with E-state index in [2.05, 4.69) is 40.8 Å². The van der Waals surface area contributed by atoms with Crippen LogP contribution in [0.2, 0.25) is 0 Å². The Morgan fingerprint density at radius 3 is 2.71 bits per heavy atom. The summed E-state index contributed by atoms with van der Waals surface area (Å²) in [5.74, 6) is 0. The Morgan fingerprint density at radius 1 is 1.53 bits per heavy atom. The maximum atomic E-state index is 5.51. The lowest BCUT2D eigenvalue weighted by Crippen LogP contribution is -2.29. The molecule has 1 rings (SSSR count). The highest BCUT2D eigenvalue weighted by Crippen LogP contribution is 2.14. The van der Waals surface area contributed by atoms with E-state index in [1.54, 1.807) is 0 Å². The average Bonchev–Trinajstić information content (AvgIpc) is 2.67. The van der Waals surface area contributed by atoms with E-state index in [4.69, 9.17) is 18.0 Å². The summed E-state index contributed by atoms with van der Waals surface area (Å²) in [6, 6.07) is 2.57. The summed E-state index contributed by atoms with van der Waals surface area (Å²) in [5, 5.41) is 4.59. The molecular weight excluding hydrogens is 232 g/mol. The van der Waals surface area contributed by atoms with Crippen molar-refractivity contribution in [2.24, 2.45) is 5.73 Å². The Morgan fingerprint density at radius 2 is 2.18 bits per heavy atom. The number of nitrogens with zero attached hydrogens (tertiary/aromatic N) is 3. The minimum Gasteiger partial charge on any atom is -0.392 e. The second-order valence-corrected chi connectivity index (χ2v) is 4.92. The summed E-state index contributed by atoms with van der Waals surface area (Å²) >= 11 is 4.88. The molecule has 1 aromatic rings. The number of thiocarbonyl (C=S) groups is 1. The molecule has 0 aliphatic rings. The number of hydrogen-bond acceptors (Lipinski definition) is 3. The molecule has 0 aliphatic heterocycles. The Balaban J connectivity index is 2.59. The van der Waals surface area contributed by atoms with E-state index in [9.17, 15) is 0 Å². The molecule has 0 spiro atoms. The topological polar surface area (TPSA) is 47.1 Å². The highest BCUT2D eigenvalue weighted by atomic mass is 32.1. The first kappa shape index (κ1) is 14.1. The van der Waals surface area contributed by atoms with Gasteiger partial charge in [-0.1, -0.05) is 26.1 Å². The molecule has 17 heavy (non-hydrogen) atoms. The van der Waals surface area contributed by atoms with Crippen molar-refractivity contribution in [1.29, 1.82) is 0 Å². The average molecular weight is 254 g/mol. The Labute approximate surface area is 109 Å². The van der Waals surface area contributed by atoms with Crippen LogP contribution in [-0.4, -0.2) is 33.3 Å². The predicted molar refractivity (Wildman–Crippen MR) is 75.0 cm³/mol. The summed E-state index contributed by atoms with van der Waals surface area (Å²) in [7, 11) is 2.00. The van der Waals surface area contributed by atoms with E-state index >= 15 is 0 Å². The Bertz CT molecular complexity index is 357. The maximum absolute atomic E-state index is 5.51. The highest BCUT2D eigenvalue weighted by Gasteiger charge is 2.09. The molecule has 0 unspecified atom stereocenters. The van der Waals surface area contributed by atoms with E-state index in [1.807, 2.05) is 7.05 Å². The molecule has 0 radical (unpaired) electrons. The molecule has 0 bridgehead atoms. The first-order valence-electron chi connectivity index (χ1n) is 6.07. The fraction of sp³-hybridized carbons (Fsp3) is 0.667. The monoisotopic (exact) mass is 254 g/mol. The molecule has 0 saturated heterocycles. The third-order valence-electron chi connectivity index (χ3n) is 2.84. The molecule has 4 nitrogen and oxygen atoms in total. The lowest BCUT2D eigenvalue weighted by Gasteiger charge is -2.15. The van der Waals surface area contributed by atoms with Gasteiger partial charge in [0.25, 0.3) is 0 Å². The van der Waals surface area contributed by atoms with E-state index in [-0.39, 0.29) is 0 Å². The van der Waals surface area contributed by atoms with Gasteiger partial charge in [0.1, 0.15) is 0 Å². The van der Waals surface area contributed by atoms with Crippen molar-refractivity contribution in [2.75, 3.05) is 13.6 Å². The molecule has 0 atom stereocenters. The second kappa shape index (κ2) is 6.71. The smallest absolute Gasteiger partial charge is 0.0870 e. The maximum Gasteiger partial charge on any atom is 0.0870 e. The van der Waals surface area contributed by atoms with Gasteiger partial charge in [-0.05, 0) is 26.0 Å². The van der Waals surface area contributed by atoms with Gasteiger partial charge in [-0.25, -0.2) is 0 Å². The SMILES string of the molecule is CCC(CC)n1ccc(CN(C)CC(N)=S)n1. The zero-order chi connectivity index (χ0) is 12.8. The third kappa shape index (κ3) is 4.44. The number of hydrogen-bond donors (Lipinski definition) is 1. The van der Waals surface area contributed by atoms with Crippen LogP contribution in [0.25, 0.3) is 0 Å². The van der Waals surface area contributed by atoms with Crippen molar-refractivity contribution in [3.05, 3.63) is 18.0 Å². The fourth-order valence-corrected chi connectivity index (χ4v) is 2.15. The number of nitrogens with two attached hydrogens (primary N) is 1. The van der Waals surface area contributed by atoms with Crippen molar-refractivity contribution in [3.8, 4) is 0 Å². The van der Waals surface area contributed by atoms with Crippen LogP contribution in [0.4, 0.5) is 0 Å². The number of rotatable bonds is 7. The molecule has 0 fully saturated rings. The quantitative estimate of drug-likeness (QED) is 0.756. The zero-order valence-electron chi connectivity index (χ0n) is 10.9. The van der Waals surface area contributed by atoms with E-state index in [1.165, 1.54) is 0 Å². The molecule has 0 saturated carbocycles. The van der Waals surface area contributed by atoms with Crippen LogP contribution in [0.15, 0.2) is 12.3 Å². The van der Waals surface area contributed by atoms with Gasteiger partial charge in [0.15, 0.2) is 0 Å². The molecular formula is C12H22N4S. The Hall–Kier alpha value is -0.940. The van der Waals surface area contributed by atoms with Gasteiger partial charge in [0.2, 0.25) is 0 Å². The fourth-order valence-electron chi connectivity index (χ4n) is 1.93. The standard InChI is InChI=1S/C12H22N4S/c1-4-11(5-2)16-7-6-10(14-16)8-15(3)9-12(13)17/h6-7,11H,4-5,8-9H2,1-3H3,(H2,13,17). The van der Waals surface area contributed by atoms with Crippen molar-refractivity contribution in [2.45, 2.75) is 39.3 Å². The van der Waals surface area contributed by atoms with Gasteiger partial charge in [-0.15, -0.1) is 0 Å². The summed E-state index contributed by atoms with van der Waals surface area (Å²) in [5.41, 5.74) is 6.57. The van der Waals surface area contributed by atoms with Crippen LogP contribution in [0.5, 0.6) is 0 Å². The molecule has 1 heterocycles. The lowest BCUT2D eigenvalue weighted by molar-refractivity contribution is 0.360. The molecule has 0 aliphatic carbocycles. The van der Waals surface area contributed by atoms with Crippen molar-refractivity contribution in [1.82, 2.24) is 14.7 Å². The first-order chi connectivity index (χ1) is 8.06. The van der Waals surface area contributed by atoms with E-state index in [0.29, 0.717) is 17.6 Å². The van der Waals surface area contributed by atoms with Gasteiger partial charge >= 0.3 is 0 Å².